The lowest BCUT2D eigenvalue weighted by Crippen LogP contribution is -2.36. The third-order valence-corrected chi connectivity index (χ3v) is 5.25. The Labute approximate surface area is 197 Å². The van der Waals surface area contributed by atoms with E-state index in [9.17, 15) is 9.90 Å². The lowest BCUT2D eigenvalue weighted by molar-refractivity contribution is 0.0521. The van der Waals surface area contributed by atoms with E-state index in [1.54, 1.807) is 17.9 Å². The highest BCUT2D eigenvalue weighted by molar-refractivity contribution is 6.02. The first-order chi connectivity index (χ1) is 16.4. The number of aliphatic hydroxyl groups is 2. The summed E-state index contributed by atoms with van der Waals surface area (Å²) in [5.41, 5.74) is 4.23. The van der Waals surface area contributed by atoms with Crippen LogP contribution in [0.5, 0.6) is 5.88 Å². The van der Waals surface area contributed by atoms with Crippen molar-refractivity contribution in [3.8, 4) is 17.1 Å². The number of aryl methyl sites for hydroxylation is 2. The third kappa shape index (κ3) is 5.59. The number of fused-ring (bicyclic) bond motifs is 1. The second-order valence-electron chi connectivity index (χ2n) is 8.12. The van der Waals surface area contributed by atoms with Gasteiger partial charge in [-0.25, -0.2) is 14.8 Å². The molecule has 0 saturated heterocycles. The van der Waals surface area contributed by atoms with Crippen molar-refractivity contribution in [3.05, 3.63) is 53.7 Å². The van der Waals surface area contributed by atoms with Gasteiger partial charge in [-0.15, -0.1) is 0 Å². The Morgan fingerprint density at radius 2 is 2.06 bits per heavy atom. The average molecular weight is 465 g/mol. The largest absolute Gasteiger partial charge is 0.475 e. The molecule has 3 aromatic rings. The van der Waals surface area contributed by atoms with Gasteiger partial charge in [0.2, 0.25) is 11.8 Å². The van der Waals surface area contributed by atoms with Crippen LogP contribution in [0.1, 0.15) is 17.7 Å². The minimum absolute atomic E-state index is 0.0760. The van der Waals surface area contributed by atoms with Crippen LogP contribution in [0.2, 0.25) is 0 Å². The number of pyridine rings is 1. The van der Waals surface area contributed by atoms with Crippen molar-refractivity contribution in [1.82, 2.24) is 15.0 Å². The summed E-state index contributed by atoms with van der Waals surface area (Å²) >= 11 is 0. The normalized spacial score (nSPS) is 13.9. The molecule has 1 unspecified atom stereocenters. The molecule has 10 heteroatoms. The van der Waals surface area contributed by atoms with Crippen LogP contribution in [-0.2, 0) is 0 Å². The maximum Gasteiger partial charge on any atom is 0.329 e. The smallest absolute Gasteiger partial charge is 0.329 e. The minimum Gasteiger partial charge on any atom is -0.475 e. The summed E-state index contributed by atoms with van der Waals surface area (Å²) < 4.78 is 5.41. The molecule has 0 fully saturated rings. The molecule has 0 spiro atoms. The highest BCUT2D eigenvalue weighted by atomic mass is 16.5. The zero-order valence-electron chi connectivity index (χ0n) is 19.2. The predicted molar refractivity (Wildman–Crippen MR) is 129 cm³/mol. The number of anilines is 3. The van der Waals surface area contributed by atoms with Gasteiger partial charge in [-0.05, 0) is 38.5 Å². The van der Waals surface area contributed by atoms with Crippen molar-refractivity contribution in [2.45, 2.75) is 26.4 Å². The van der Waals surface area contributed by atoms with Gasteiger partial charge in [0.25, 0.3) is 0 Å². The number of urea groups is 1. The van der Waals surface area contributed by atoms with Gasteiger partial charge < -0.3 is 20.3 Å². The fourth-order valence-corrected chi connectivity index (χ4v) is 3.59. The summed E-state index contributed by atoms with van der Waals surface area (Å²) in [6.07, 6.45) is -0.283. The van der Waals surface area contributed by atoms with Gasteiger partial charge in [0.1, 0.15) is 12.7 Å². The molecule has 2 aromatic heterocycles. The number of rotatable bonds is 6. The Morgan fingerprint density at radius 1 is 1.21 bits per heavy atom. The minimum atomic E-state index is -1.02. The first kappa shape index (κ1) is 23.4. The first-order valence-corrected chi connectivity index (χ1v) is 11.1. The summed E-state index contributed by atoms with van der Waals surface area (Å²) in [6, 6.07) is 13.1. The molecule has 1 aliphatic heterocycles. The number of ether oxygens (including phenoxy) is 1. The van der Waals surface area contributed by atoms with Crippen LogP contribution in [0, 0.1) is 13.8 Å². The Bertz CT molecular complexity index is 1170. The molecule has 1 aromatic carbocycles. The molecule has 10 nitrogen and oxygen atoms in total. The van der Waals surface area contributed by atoms with Crippen LogP contribution < -0.4 is 20.3 Å². The topological polar surface area (TPSA) is 133 Å². The van der Waals surface area contributed by atoms with Crippen molar-refractivity contribution >= 4 is 23.5 Å². The Morgan fingerprint density at radius 3 is 2.85 bits per heavy atom. The van der Waals surface area contributed by atoms with Crippen molar-refractivity contribution in [2.24, 2.45) is 0 Å². The van der Waals surface area contributed by atoms with Crippen molar-refractivity contribution in [1.29, 1.82) is 0 Å². The van der Waals surface area contributed by atoms with E-state index in [-0.39, 0.29) is 18.4 Å². The van der Waals surface area contributed by atoms with Gasteiger partial charge in [-0.3, -0.25) is 10.2 Å². The van der Waals surface area contributed by atoms with E-state index in [0.29, 0.717) is 24.6 Å². The van der Waals surface area contributed by atoms with E-state index in [2.05, 4.69) is 26.7 Å². The second kappa shape index (κ2) is 10.4. The van der Waals surface area contributed by atoms with E-state index < -0.39 is 18.7 Å². The monoisotopic (exact) mass is 464 g/mol. The number of amides is 2. The number of carbonyl (C=O) groups is 1. The van der Waals surface area contributed by atoms with E-state index in [4.69, 9.17) is 14.8 Å². The van der Waals surface area contributed by atoms with Crippen LogP contribution in [0.4, 0.5) is 22.2 Å². The maximum atomic E-state index is 13.3. The number of hydrogen-bond acceptors (Lipinski definition) is 8. The molecule has 0 bridgehead atoms. The highest BCUT2D eigenvalue weighted by Gasteiger charge is 2.24. The summed E-state index contributed by atoms with van der Waals surface area (Å²) in [5, 5.41) is 24.5. The highest BCUT2D eigenvalue weighted by Crippen LogP contribution is 2.30. The Balaban J connectivity index is 1.58. The summed E-state index contributed by atoms with van der Waals surface area (Å²) in [5.74, 6) is 0.796. The number of benzene rings is 1. The quantitative estimate of drug-likeness (QED) is 0.438. The molecule has 1 atom stereocenters. The molecule has 34 heavy (non-hydrogen) atoms. The molecular weight excluding hydrogens is 436 g/mol. The summed E-state index contributed by atoms with van der Waals surface area (Å²) in [6.45, 7) is 4.40. The first-order valence-electron chi connectivity index (χ1n) is 11.1. The standard InChI is InChI=1S/C24H28N6O4/c1-15-5-3-6-17(11-15)19-7-8-20-22(27-19)30(10-4-9-25-20)24(33)29-23-26-16(2)12-21(28-23)34-14-18(32)13-31/h3,5-8,11-12,18,25,31-32H,4,9-10,13-14H2,1-2H3,(H,26,28,29,33). The van der Waals surface area contributed by atoms with E-state index in [1.165, 1.54) is 0 Å². The second-order valence-corrected chi connectivity index (χ2v) is 8.12. The number of nitrogens with one attached hydrogen (secondary N) is 2. The van der Waals surface area contributed by atoms with E-state index >= 15 is 0 Å². The van der Waals surface area contributed by atoms with Crippen LogP contribution in [0.25, 0.3) is 11.3 Å². The van der Waals surface area contributed by atoms with E-state index in [0.717, 1.165) is 28.9 Å². The van der Waals surface area contributed by atoms with Gasteiger partial charge in [-0.2, -0.15) is 4.98 Å². The van der Waals surface area contributed by atoms with Gasteiger partial charge in [0.15, 0.2) is 5.82 Å². The molecule has 178 valence electrons. The van der Waals surface area contributed by atoms with Gasteiger partial charge in [-0.1, -0.05) is 23.8 Å². The van der Waals surface area contributed by atoms with Gasteiger partial charge in [0.05, 0.1) is 18.0 Å². The van der Waals surface area contributed by atoms with E-state index in [1.807, 2.05) is 37.3 Å². The third-order valence-electron chi connectivity index (χ3n) is 5.25. The van der Waals surface area contributed by atoms with Crippen molar-refractivity contribution < 1.29 is 19.7 Å². The SMILES string of the molecule is Cc1cccc(-c2ccc3c(n2)N(C(=O)Nc2nc(C)cc(OCC(O)CO)n2)CCCN3)c1. The molecule has 2 amide bonds. The van der Waals surface area contributed by atoms with Crippen LogP contribution in [0.3, 0.4) is 0 Å². The van der Waals surface area contributed by atoms with Crippen LogP contribution in [0.15, 0.2) is 42.5 Å². The molecule has 4 N–H and O–H groups in total. The van der Waals surface area contributed by atoms with Gasteiger partial charge in [0, 0.05) is 30.4 Å². The molecule has 0 radical (unpaired) electrons. The van der Waals surface area contributed by atoms with Crippen molar-refractivity contribution in [2.75, 3.05) is 41.8 Å². The molecule has 0 saturated carbocycles. The predicted octanol–water partition coefficient (Wildman–Crippen LogP) is 2.74. The fraction of sp³-hybridized carbons (Fsp3) is 0.333. The fourth-order valence-electron chi connectivity index (χ4n) is 3.59. The molecule has 0 aliphatic carbocycles. The lowest BCUT2D eigenvalue weighted by Gasteiger charge is -2.22. The Hall–Kier alpha value is -3.76. The lowest BCUT2D eigenvalue weighted by atomic mass is 10.1. The average Bonchev–Trinajstić information content (AvgIpc) is 3.04. The zero-order valence-corrected chi connectivity index (χ0v) is 19.2. The number of aliphatic hydroxyl groups excluding tert-OH is 2. The number of carbonyl (C=O) groups excluding carboxylic acids is 1. The molecule has 1 aliphatic rings. The number of hydrogen-bond donors (Lipinski definition) is 4. The number of aromatic nitrogens is 3. The molecule has 3 heterocycles. The van der Waals surface area contributed by atoms with Crippen molar-refractivity contribution in [3.63, 3.8) is 0 Å². The van der Waals surface area contributed by atoms with Crippen LogP contribution in [-0.4, -0.2) is 63.6 Å². The Kier molecular flexibility index (Phi) is 7.19. The zero-order chi connectivity index (χ0) is 24.1. The van der Waals surface area contributed by atoms with Gasteiger partial charge >= 0.3 is 6.03 Å². The summed E-state index contributed by atoms with van der Waals surface area (Å²) in [4.78, 5) is 28.1. The number of nitrogens with zero attached hydrogens (tertiary/aromatic N) is 4. The maximum absolute atomic E-state index is 13.3. The molecule has 4 rings (SSSR count). The molecular formula is C24H28N6O4. The van der Waals surface area contributed by atoms with Crippen LogP contribution >= 0.6 is 0 Å². The summed E-state index contributed by atoms with van der Waals surface area (Å²) in [7, 11) is 0.